The number of rotatable bonds is 7. The maximum absolute atomic E-state index is 13.7. The summed E-state index contributed by atoms with van der Waals surface area (Å²) in [5, 5.41) is 7.34. The van der Waals surface area contributed by atoms with Gasteiger partial charge in [-0.3, -0.25) is 4.79 Å². The number of nitrogens with zero attached hydrogens (tertiary/aromatic N) is 2. The van der Waals surface area contributed by atoms with Crippen molar-refractivity contribution in [2.75, 3.05) is 5.32 Å². The summed E-state index contributed by atoms with van der Waals surface area (Å²) in [7, 11) is 0. The number of benzene rings is 2. The standard InChI is InChI=1S/C26H25Cl2FN4O/c27-18-6-3-16(22(28)13-18)14-30-24(34)21-15-31-25(32-20-9-10-20)33-23(21)26(11-1-2-12-26)17-4-7-19(29)8-5-17/h3-8,13,15,20H,1-2,9-12,14H2,(H,30,34)(H,31,32,33). The highest BCUT2D eigenvalue weighted by Gasteiger charge is 2.42. The van der Waals surface area contributed by atoms with Crippen molar-refractivity contribution in [1.82, 2.24) is 15.3 Å². The van der Waals surface area contributed by atoms with Crippen LogP contribution in [0.5, 0.6) is 0 Å². The third-order valence-corrected chi connectivity index (χ3v) is 7.29. The van der Waals surface area contributed by atoms with E-state index in [9.17, 15) is 9.18 Å². The van der Waals surface area contributed by atoms with Gasteiger partial charge >= 0.3 is 0 Å². The summed E-state index contributed by atoms with van der Waals surface area (Å²) in [6, 6.07) is 12.1. The molecule has 1 heterocycles. The first-order chi connectivity index (χ1) is 16.4. The van der Waals surface area contributed by atoms with E-state index >= 15 is 0 Å². The highest BCUT2D eigenvalue weighted by Crippen LogP contribution is 2.47. The number of hydrogen-bond donors (Lipinski definition) is 2. The molecule has 2 saturated carbocycles. The molecule has 2 aromatic carbocycles. The van der Waals surface area contributed by atoms with E-state index in [-0.39, 0.29) is 18.3 Å². The molecular weight excluding hydrogens is 474 g/mol. The summed E-state index contributed by atoms with van der Waals surface area (Å²) in [5.74, 6) is -0.0240. The van der Waals surface area contributed by atoms with Crippen molar-refractivity contribution in [3.63, 3.8) is 0 Å². The summed E-state index contributed by atoms with van der Waals surface area (Å²) in [6.45, 7) is 0.250. The maximum atomic E-state index is 13.7. The van der Waals surface area contributed by atoms with E-state index in [1.807, 2.05) is 12.1 Å². The van der Waals surface area contributed by atoms with Crippen molar-refractivity contribution in [1.29, 1.82) is 0 Å². The minimum absolute atomic E-state index is 0.250. The Kier molecular flexibility index (Phi) is 6.45. The van der Waals surface area contributed by atoms with Gasteiger partial charge in [0.15, 0.2) is 0 Å². The SMILES string of the molecule is O=C(NCc1ccc(Cl)cc1Cl)c1cnc(NC2CC2)nc1C1(c2ccc(F)cc2)CCCC1. The third-order valence-electron chi connectivity index (χ3n) is 6.71. The molecule has 2 aliphatic rings. The van der Waals surface area contributed by atoms with Crippen molar-refractivity contribution in [3.8, 4) is 0 Å². The minimum Gasteiger partial charge on any atom is -0.351 e. The van der Waals surface area contributed by atoms with Crippen LogP contribution < -0.4 is 10.6 Å². The lowest BCUT2D eigenvalue weighted by molar-refractivity contribution is 0.0947. The normalized spacial score (nSPS) is 16.9. The van der Waals surface area contributed by atoms with Gasteiger partial charge in [-0.2, -0.15) is 0 Å². The average molecular weight is 499 g/mol. The van der Waals surface area contributed by atoms with Crippen molar-refractivity contribution in [2.45, 2.75) is 56.5 Å². The zero-order valence-corrected chi connectivity index (χ0v) is 20.1. The van der Waals surface area contributed by atoms with Crippen LogP contribution in [0.25, 0.3) is 0 Å². The Balaban J connectivity index is 1.51. The van der Waals surface area contributed by atoms with Crippen molar-refractivity contribution in [2.24, 2.45) is 0 Å². The van der Waals surface area contributed by atoms with Crippen molar-refractivity contribution >= 4 is 35.1 Å². The molecule has 0 aliphatic heterocycles. The van der Waals surface area contributed by atoms with Gasteiger partial charge in [-0.15, -0.1) is 0 Å². The Bertz CT molecular complexity index is 1210. The molecule has 34 heavy (non-hydrogen) atoms. The molecular formula is C26H25Cl2FN4O. The first-order valence-electron chi connectivity index (χ1n) is 11.6. The monoisotopic (exact) mass is 498 g/mol. The average Bonchev–Trinajstić information content (AvgIpc) is 3.50. The Morgan fingerprint density at radius 1 is 1.09 bits per heavy atom. The molecule has 176 valence electrons. The molecule has 2 fully saturated rings. The number of aromatic nitrogens is 2. The van der Waals surface area contributed by atoms with Crippen LogP contribution in [0.2, 0.25) is 10.0 Å². The predicted octanol–water partition coefficient (Wildman–Crippen LogP) is 6.29. The van der Waals surface area contributed by atoms with E-state index in [2.05, 4.69) is 15.6 Å². The molecule has 0 bridgehead atoms. The highest BCUT2D eigenvalue weighted by atomic mass is 35.5. The number of carbonyl (C=O) groups is 1. The zero-order valence-electron chi connectivity index (χ0n) is 18.6. The zero-order chi connectivity index (χ0) is 23.7. The van der Waals surface area contributed by atoms with E-state index in [1.165, 1.54) is 12.1 Å². The Hall–Kier alpha value is -2.70. The van der Waals surface area contributed by atoms with Gasteiger partial charge in [0.05, 0.1) is 11.3 Å². The van der Waals surface area contributed by atoms with Crippen LogP contribution in [0.3, 0.4) is 0 Å². The summed E-state index contributed by atoms with van der Waals surface area (Å²) in [4.78, 5) is 22.7. The minimum atomic E-state index is -0.471. The first kappa shape index (κ1) is 23.1. The molecule has 3 aromatic rings. The highest BCUT2D eigenvalue weighted by molar-refractivity contribution is 6.35. The first-order valence-corrected chi connectivity index (χ1v) is 12.3. The largest absolute Gasteiger partial charge is 0.351 e. The van der Waals surface area contributed by atoms with Crippen LogP contribution in [0.15, 0.2) is 48.7 Å². The summed E-state index contributed by atoms with van der Waals surface area (Å²) in [6.07, 6.45) is 7.47. The van der Waals surface area contributed by atoms with Gasteiger partial charge in [-0.1, -0.05) is 54.2 Å². The summed E-state index contributed by atoms with van der Waals surface area (Å²) < 4.78 is 13.7. The van der Waals surface area contributed by atoms with Gasteiger partial charge in [0.25, 0.3) is 5.91 Å². The van der Waals surface area contributed by atoms with Crippen LogP contribution in [0.1, 0.15) is 65.7 Å². The van der Waals surface area contributed by atoms with E-state index in [0.717, 1.165) is 49.7 Å². The van der Waals surface area contributed by atoms with E-state index in [0.29, 0.717) is 33.3 Å². The maximum Gasteiger partial charge on any atom is 0.255 e. The number of carbonyl (C=O) groups excluding carboxylic acids is 1. The fraction of sp³-hybridized carbons (Fsp3) is 0.346. The smallest absolute Gasteiger partial charge is 0.255 e. The lowest BCUT2D eigenvalue weighted by Gasteiger charge is -2.31. The molecule has 0 unspecified atom stereocenters. The van der Waals surface area contributed by atoms with Crippen LogP contribution in [0, 0.1) is 5.82 Å². The molecule has 0 radical (unpaired) electrons. The molecule has 2 aliphatic carbocycles. The molecule has 0 spiro atoms. The molecule has 8 heteroatoms. The molecule has 5 rings (SSSR count). The predicted molar refractivity (Wildman–Crippen MR) is 132 cm³/mol. The van der Waals surface area contributed by atoms with Crippen LogP contribution in [0.4, 0.5) is 10.3 Å². The quantitative estimate of drug-likeness (QED) is 0.401. The van der Waals surface area contributed by atoms with Gasteiger partial charge < -0.3 is 10.6 Å². The molecule has 0 saturated heterocycles. The van der Waals surface area contributed by atoms with Crippen LogP contribution >= 0.6 is 23.2 Å². The van der Waals surface area contributed by atoms with Crippen LogP contribution in [-0.2, 0) is 12.0 Å². The summed E-state index contributed by atoms with van der Waals surface area (Å²) >= 11 is 12.3. The number of nitrogens with one attached hydrogen (secondary N) is 2. The van der Waals surface area contributed by atoms with Crippen molar-refractivity contribution < 1.29 is 9.18 Å². The fourth-order valence-electron chi connectivity index (χ4n) is 4.74. The topological polar surface area (TPSA) is 66.9 Å². The fourth-order valence-corrected chi connectivity index (χ4v) is 5.21. The lowest BCUT2D eigenvalue weighted by atomic mass is 9.74. The van der Waals surface area contributed by atoms with Gasteiger partial charge in [0.1, 0.15) is 5.82 Å². The van der Waals surface area contributed by atoms with Gasteiger partial charge in [0.2, 0.25) is 5.95 Å². The second-order valence-corrected chi connectivity index (χ2v) is 9.93. The molecule has 2 N–H and O–H groups in total. The number of amides is 1. The Morgan fingerprint density at radius 3 is 2.50 bits per heavy atom. The second kappa shape index (κ2) is 9.51. The van der Waals surface area contributed by atoms with Gasteiger partial charge in [0, 0.05) is 34.2 Å². The Labute approximate surface area is 208 Å². The lowest BCUT2D eigenvalue weighted by Crippen LogP contribution is -2.32. The van der Waals surface area contributed by atoms with E-state index < -0.39 is 5.41 Å². The van der Waals surface area contributed by atoms with Crippen LogP contribution in [-0.4, -0.2) is 21.9 Å². The third kappa shape index (κ3) is 4.75. The second-order valence-electron chi connectivity index (χ2n) is 9.09. The van der Waals surface area contributed by atoms with Crippen molar-refractivity contribution in [3.05, 3.63) is 86.9 Å². The molecule has 5 nitrogen and oxygen atoms in total. The van der Waals surface area contributed by atoms with Gasteiger partial charge in [-0.25, -0.2) is 14.4 Å². The van der Waals surface area contributed by atoms with Gasteiger partial charge in [-0.05, 0) is 61.1 Å². The summed E-state index contributed by atoms with van der Waals surface area (Å²) in [5.41, 5.74) is 2.38. The number of anilines is 1. The molecule has 0 atom stereocenters. The Morgan fingerprint density at radius 2 is 1.82 bits per heavy atom. The molecule has 1 amide bonds. The number of hydrogen-bond acceptors (Lipinski definition) is 4. The van der Waals surface area contributed by atoms with E-state index in [4.69, 9.17) is 28.2 Å². The van der Waals surface area contributed by atoms with E-state index in [1.54, 1.807) is 24.4 Å². The molecule has 1 aromatic heterocycles. The number of halogens is 3.